The zero-order chi connectivity index (χ0) is 26.1. The van der Waals surface area contributed by atoms with Gasteiger partial charge in [-0.2, -0.15) is 0 Å². The molecule has 0 aliphatic carbocycles. The maximum absolute atomic E-state index is 12.2. The fourth-order valence-electron chi connectivity index (χ4n) is 5.18. The van der Waals surface area contributed by atoms with Crippen molar-refractivity contribution in [1.29, 1.82) is 0 Å². The van der Waals surface area contributed by atoms with Crippen molar-refractivity contribution in [2.24, 2.45) is 0 Å². The number of aromatic nitrogens is 3. The SMILES string of the molecule is Cc1cc2nccc(-c3cnc(N)c(C)n3)c2cc1CN1CCC(c2ccc(C(=O)N(C)C)cc2)CC1. The van der Waals surface area contributed by atoms with E-state index in [2.05, 4.69) is 51.0 Å². The van der Waals surface area contributed by atoms with E-state index in [1.54, 1.807) is 25.2 Å². The molecule has 190 valence electrons. The molecule has 1 aliphatic rings. The number of hydrogen-bond acceptors (Lipinski definition) is 6. The topological polar surface area (TPSA) is 88.2 Å². The number of carbonyl (C=O) groups excluding carboxylic acids is 1. The van der Waals surface area contributed by atoms with Crippen molar-refractivity contribution in [2.45, 2.75) is 39.2 Å². The molecule has 0 saturated carbocycles. The van der Waals surface area contributed by atoms with Crippen LogP contribution in [0, 0.1) is 13.8 Å². The summed E-state index contributed by atoms with van der Waals surface area (Å²) in [6, 6.07) is 14.6. The zero-order valence-electron chi connectivity index (χ0n) is 22.0. The highest BCUT2D eigenvalue weighted by Crippen LogP contribution is 2.32. The number of pyridine rings is 1. The fraction of sp³-hybridized carbons (Fsp3) is 0.333. The minimum absolute atomic E-state index is 0.0454. The quantitative estimate of drug-likeness (QED) is 0.421. The van der Waals surface area contributed by atoms with Crippen molar-refractivity contribution in [3.8, 4) is 11.3 Å². The maximum Gasteiger partial charge on any atom is 0.253 e. The van der Waals surface area contributed by atoms with Crippen LogP contribution in [0.5, 0.6) is 0 Å². The molecule has 7 heteroatoms. The predicted octanol–water partition coefficient (Wildman–Crippen LogP) is 4.97. The lowest BCUT2D eigenvalue weighted by Crippen LogP contribution is -2.32. The number of benzene rings is 2. The van der Waals surface area contributed by atoms with E-state index in [0.717, 1.165) is 65.9 Å². The van der Waals surface area contributed by atoms with Crippen LogP contribution in [0.4, 0.5) is 5.82 Å². The predicted molar refractivity (Wildman–Crippen MR) is 148 cm³/mol. The van der Waals surface area contributed by atoms with E-state index < -0.39 is 0 Å². The molecular weight excluding hydrogens is 460 g/mol. The van der Waals surface area contributed by atoms with Crippen molar-refractivity contribution in [3.05, 3.63) is 82.8 Å². The summed E-state index contributed by atoms with van der Waals surface area (Å²) in [5, 5.41) is 1.09. The molecule has 1 aliphatic heterocycles. The van der Waals surface area contributed by atoms with Gasteiger partial charge in [-0.1, -0.05) is 12.1 Å². The minimum atomic E-state index is 0.0454. The number of fused-ring (bicyclic) bond motifs is 1. The molecule has 4 aromatic rings. The van der Waals surface area contributed by atoms with E-state index in [0.29, 0.717) is 11.7 Å². The van der Waals surface area contributed by atoms with Gasteiger partial charge >= 0.3 is 0 Å². The Labute approximate surface area is 218 Å². The third-order valence-electron chi connectivity index (χ3n) is 7.48. The lowest BCUT2D eigenvalue weighted by atomic mass is 9.88. The minimum Gasteiger partial charge on any atom is -0.382 e. The van der Waals surface area contributed by atoms with E-state index in [4.69, 9.17) is 5.73 Å². The van der Waals surface area contributed by atoms with Gasteiger partial charge in [0, 0.05) is 43.4 Å². The van der Waals surface area contributed by atoms with E-state index in [-0.39, 0.29) is 5.91 Å². The highest BCUT2D eigenvalue weighted by atomic mass is 16.2. The Hall–Kier alpha value is -3.84. The molecule has 2 aromatic heterocycles. The van der Waals surface area contributed by atoms with Crippen LogP contribution in [0.25, 0.3) is 22.2 Å². The molecule has 7 nitrogen and oxygen atoms in total. The Morgan fingerprint density at radius 1 is 1.05 bits per heavy atom. The molecule has 0 spiro atoms. The van der Waals surface area contributed by atoms with Gasteiger partial charge in [0.1, 0.15) is 5.82 Å². The summed E-state index contributed by atoms with van der Waals surface area (Å²) in [4.78, 5) is 30.0. The van der Waals surface area contributed by atoms with Gasteiger partial charge < -0.3 is 10.6 Å². The molecule has 2 N–H and O–H groups in total. The van der Waals surface area contributed by atoms with Crippen LogP contribution < -0.4 is 5.73 Å². The molecule has 0 atom stereocenters. The fourth-order valence-corrected chi connectivity index (χ4v) is 5.18. The standard InChI is InChI=1S/C30H34N6O/c1-19-15-27-26(25(9-12-32-27)28-17-33-29(31)20(2)34-28)16-24(19)18-36-13-10-22(11-14-36)21-5-7-23(8-6-21)30(37)35(3)4/h5-9,12,15-17,22H,10-11,13-14,18H2,1-4H3,(H2,31,33). The number of anilines is 1. The van der Waals surface area contributed by atoms with E-state index in [9.17, 15) is 4.79 Å². The number of carbonyl (C=O) groups is 1. The van der Waals surface area contributed by atoms with Gasteiger partial charge in [-0.3, -0.25) is 14.7 Å². The molecular formula is C30H34N6O. The van der Waals surface area contributed by atoms with Crippen molar-refractivity contribution in [2.75, 3.05) is 32.9 Å². The van der Waals surface area contributed by atoms with Crippen molar-refractivity contribution < 1.29 is 4.79 Å². The number of rotatable bonds is 5. The number of nitrogens with two attached hydrogens (primary N) is 1. The second-order valence-corrected chi connectivity index (χ2v) is 10.3. The second kappa shape index (κ2) is 10.3. The first kappa shape index (κ1) is 24.8. The van der Waals surface area contributed by atoms with E-state index in [1.165, 1.54) is 16.7 Å². The Morgan fingerprint density at radius 3 is 2.46 bits per heavy atom. The number of aryl methyl sites for hydroxylation is 2. The molecule has 1 fully saturated rings. The van der Waals surface area contributed by atoms with Crippen molar-refractivity contribution in [1.82, 2.24) is 24.8 Å². The monoisotopic (exact) mass is 494 g/mol. The third-order valence-corrected chi connectivity index (χ3v) is 7.48. The summed E-state index contributed by atoms with van der Waals surface area (Å²) in [6.07, 6.45) is 5.80. The third kappa shape index (κ3) is 5.18. The van der Waals surface area contributed by atoms with Gasteiger partial charge in [0.25, 0.3) is 5.91 Å². The van der Waals surface area contributed by atoms with Crippen molar-refractivity contribution in [3.63, 3.8) is 0 Å². The molecule has 37 heavy (non-hydrogen) atoms. The number of nitrogen functional groups attached to an aromatic ring is 1. The molecule has 1 saturated heterocycles. The van der Waals surface area contributed by atoms with Gasteiger partial charge in [0.05, 0.1) is 23.1 Å². The molecule has 5 rings (SSSR count). The van der Waals surface area contributed by atoms with Crippen LogP contribution in [0.2, 0.25) is 0 Å². The van der Waals surface area contributed by atoms with E-state index in [1.807, 2.05) is 31.3 Å². The number of likely N-dealkylation sites (tertiary alicyclic amines) is 1. The van der Waals surface area contributed by atoms with Gasteiger partial charge in [0.15, 0.2) is 0 Å². The van der Waals surface area contributed by atoms with Gasteiger partial charge in [0.2, 0.25) is 0 Å². The molecule has 0 unspecified atom stereocenters. The second-order valence-electron chi connectivity index (χ2n) is 10.3. The van der Waals surface area contributed by atoms with Crippen LogP contribution in [0.15, 0.2) is 54.9 Å². The first-order chi connectivity index (χ1) is 17.8. The molecule has 0 radical (unpaired) electrons. The summed E-state index contributed by atoms with van der Waals surface area (Å²) in [5.41, 5.74) is 14.1. The molecule has 0 bridgehead atoms. The molecule has 1 amide bonds. The highest BCUT2D eigenvalue weighted by molar-refractivity contribution is 5.94. The Kier molecular flexibility index (Phi) is 6.89. The number of nitrogens with zero attached hydrogens (tertiary/aromatic N) is 5. The van der Waals surface area contributed by atoms with Crippen LogP contribution >= 0.6 is 0 Å². The Bertz CT molecular complexity index is 1440. The average molecular weight is 495 g/mol. The largest absolute Gasteiger partial charge is 0.382 e. The van der Waals surface area contributed by atoms with Crippen LogP contribution in [0.3, 0.4) is 0 Å². The smallest absolute Gasteiger partial charge is 0.253 e. The highest BCUT2D eigenvalue weighted by Gasteiger charge is 2.22. The average Bonchev–Trinajstić information content (AvgIpc) is 2.90. The number of amides is 1. The molecule has 3 heterocycles. The summed E-state index contributed by atoms with van der Waals surface area (Å²) in [5.74, 6) is 1.03. The first-order valence-electron chi connectivity index (χ1n) is 12.8. The summed E-state index contributed by atoms with van der Waals surface area (Å²) in [6.45, 7) is 7.05. The first-order valence-corrected chi connectivity index (χ1v) is 12.8. The lowest BCUT2D eigenvalue weighted by Gasteiger charge is -2.32. The van der Waals surface area contributed by atoms with Gasteiger partial charge in [-0.05, 0) is 92.7 Å². The lowest BCUT2D eigenvalue weighted by molar-refractivity contribution is 0.0827. The number of piperidine rings is 1. The summed E-state index contributed by atoms with van der Waals surface area (Å²) < 4.78 is 0. The van der Waals surface area contributed by atoms with Crippen LogP contribution in [0.1, 0.15) is 51.5 Å². The van der Waals surface area contributed by atoms with Crippen LogP contribution in [-0.2, 0) is 6.54 Å². The van der Waals surface area contributed by atoms with Gasteiger partial charge in [-0.25, -0.2) is 9.97 Å². The maximum atomic E-state index is 12.2. The summed E-state index contributed by atoms with van der Waals surface area (Å²) >= 11 is 0. The Morgan fingerprint density at radius 2 is 1.78 bits per heavy atom. The normalized spacial score (nSPS) is 14.7. The number of hydrogen-bond donors (Lipinski definition) is 1. The van der Waals surface area contributed by atoms with Crippen molar-refractivity contribution >= 4 is 22.6 Å². The summed E-state index contributed by atoms with van der Waals surface area (Å²) in [7, 11) is 3.57. The molecule has 2 aromatic carbocycles. The Balaban J connectivity index is 1.31. The van der Waals surface area contributed by atoms with Gasteiger partial charge in [-0.15, -0.1) is 0 Å². The van der Waals surface area contributed by atoms with Crippen LogP contribution in [-0.4, -0.2) is 57.8 Å². The zero-order valence-corrected chi connectivity index (χ0v) is 22.0. The van der Waals surface area contributed by atoms with E-state index >= 15 is 0 Å².